The van der Waals surface area contributed by atoms with Crippen molar-refractivity contribution < 1.29 is 9.53 Å². The molecule has 0 aromatic carbocycles. The first-order valence-electron chi connectivity index (χ1n) is 8.46. The van der Waals surface area contributed by atoms with Crippen LogP contribution in [0.3, 0.4) is 0 Å². The molecule has 1 fully saturated rings. The fourth-order valence-electron chi connectivity index (χ4n) is 3.12. The first-order chi connectivity index (χ1) is 9.63. The van der Waals surface area contributed by atoms with E-state index in [1.54, 1.807) is 6.92 Å². The Hall–Kier alpha value is -0.790. The van der Waals surface area contributed by atoms with E-state index in [1.807, 2.05) is 0 Å². The first-order valence-corrected chi connectivity index (χ1v) is 8.46. The van der Waals surface area contributed by atoms with E-state index >= 15 is 0 Å². The van der Waals surface area contributed by atoms with E-state index in [-0.39, 0.29) is 5.97 Å². The minimum atomic E-state index is -0.249. The SMILES string of the molecule is C=C(C)C(=O)OCCCCC1CCC(CCCC)CC1. The predicted molar refractivity (Wildman–Crippen MR) is 84.6 cm³/mol. The van der Waals surface area contributed by atoms with Gasteiger partial charge in [-0.05, 0) is 31.6 Å². The van der Waals surface area contributed by atoms with Gasteiger partial charge in [0.15, 0.2) is 0 Å². The highest BCUT2D eigenvalue weighted by Crippen LogP contribution is 2.34. The second-order valence-corrected chi connectivity index (χ2v) is 6.44. The minimum Gasteiger partial charge on any atom is -0.462 e. The van der Waals surface area contributed by atoms with Crippen molar-refractivity contribution in [2.24, 2.45) is 11.8 Å². The summed E-state index contributed by atoms with van der Waals surface area (Å²) in [7, 11) is 0. The monoisotopic (exact) mass is 280 g/mol. The van der Waals surface area contributed by atoms with Gasteiger partial charge in [-0.3, -0.25) is 0 Å². The molecule has 0 aromatic rings. The van der Waals surface area contributed by atoms with Gasteiger partial charge in [0.05, 0.1) is 6.61 Å². The van der Waals surface area contributed by atoms with Gasteiger partial charge in [-0.2, -0.15) is 0 Å². The Balaban J connectivity index is 1.99. The van der Waals surface area contributed by atoms with Crippen LogP contribution in [-0.2, 0) is 9.53 Å². The molecule has 0 heterocycles. The zero-order chi connectivity index (χ0) is 14.8. The number of esters is 1. The van der Waals surface area contributed by atoms with Crippen molar-refractivity contribution in [3.05, 3.63) is 12.2 Å². The zero-order valence-electron chi connectivity index (χ0n) is 13.5. The van der Waals surface area contributed by atoms with Crippen LogP contribution < -0.4 is 0 Å². The van der Waals surface area contributed by atoms with Crippen LogP contribution in [0.15, 0.2) is 12.2 Å². The number of ether oxygens (including phenoxy) is 1. The number of rotatable bonds is 9. The normalized spacial score (nSPS) is 22.5. The van der Waals surface area contributed by atoms with Crippen molar-refractivity contribution in [1.82, 2.24) is 0 Å². The Kier molecular flexibility index (Phi) is 8.64. The molecular weight excluding hydrogens is 248 g/mol. The Morgan fingerprint density at radius 2 is 1.60 bits per heavy atom. The molecule has 0 bridgehead atoms. The number of carbonyl (C=O) groups excluding carboxylic acids is 1. The summed E-state index contributed by atoms with van der Waals surface area (Å²) in [6, 6.07) is 0. The summed E-state index contributed by atoms with van der Waals surface area (Å²) in [5, 5.41) is 0. The van der Waals surface area contributed by atoms with Crippen molar-refractivity contribution >= 4 is 5.97 Å². The molecule has 0 radical (unpaired) electrons. The standard InChI is InChI=1S/C18H32O2/c1-4-5-8-16-10-12-17(13-11-16)9-6-7-14-20-18(19)15(2)3/h16-17H,2,4-14H2,1,3H3. The molecule has 0 amide bonds. The maximum Gasteiger partial charge on any atom is 0.333 e. The molecule has 2 nitrogen and oxygen atoms in total. The van der Waals surface area contributed by atoms with Crippen LogP contribution in [0.1, 0.15) is 78.1 Å². The second kappa shape index (κ2) is 10.0. The molecule has 1 saturated carbocycles. The predicted octanol–water partition coefficient (Wildman–Crippen LogP) is 5.27. The highest BCUT2D eigenvalue weighted by Gasteiger charge is 2.20. The van der Waals surface area contributed by atoms with Crippen molar-refractivity contribution in [2.75, 3.05) is 6.61 Å². The number of hydrogen-bond donors (Lipinski definition) is 0. The van der Waals surface area contributed by atoms with Crippen LogP contribution in [0.4, 0.5) is 0 Å². The van der Waals surface area contributed by atoms with Crippen LogP contribution in [0.2, 0.25) is 0 Å². The third-order valence-electron chi connectivity index (χ3n) is 4.52. The lowest BCUT2D eigenvalue weighted by molar-refractivity contribution is -0.139. The lowest BCUT2D eigenvalue weighted by Crippen LogP contribution is -2.15. The van der Waals surface area contributed by atoms with Crippen molar-refractivity contribution in [3.8, 4) is 0 Å². The van der Waals surface area contributed by atoms with Gasteiger partial charge in [-0.15, -0.1) is 0 Å². The number of hydrogen-bond acceptors (Lipinski definition) is 2. The molecule has 0 atom stereocenters. The third kappa shape index (κ3) is 7.12. The maximum absolute atomic E-state index is 11.2. The zero-order valence-corrected chi connectivity index (χ0v) is 13.5. The topological polar surface area (TPSA) is 26.3 Å². The van der Waals surface area contributed by atoms with Crippen molar-refractivity contribution in [3.63, 3.8) is 0 Å². The quantitative estimate of drug-likeness (QED) is 0.326. The molecule has 0 spiro atoms. The van der Waals surface area contributed by atoms with Crippen LogP contribution in [0.25, 0.3) is 0 Å². The Morgan fingerprint density at radius 3 is 2.10 bits per heavy atom. The average Bonchev–Trinajstić information content (AvgIpc) is 2.45. The van der Waals surface area contributed by atoms with E-state index in [1.165, 1.54) is 57.8 Å². The highest BCUT2D eigenvalue weighted by molar-refractivity contribution is 5.86. The third-order valence-corrected chi connectivity index (χ3v) is 4.52. The molecule has 0 aliphatic heterocycles. The lowest BCUT2D eigenvalue weighted by atomic mass is 9.78. The van der Waals surface area contributed by atoms with Crippen LogP contribution in [0, 0.1) is 11.8 Å². The summed E-state index contributed by atoms with van der Waals surface area (Å²) in [5.74, 6) is 1.67. The van der Waals surface area contributed by atoms with E-state index in [0.29, 0.717) is 12.2 Å². The molecule has 0 saturated heterocycles. The summed E-state index contributed by atoms with van der Waals surface area (Å²) in [5.41, 5.74) is 0.496. The molecule has 0 unspecified atom stereocenters. The van der Waals surface area contributed by atoms with Crippen LogP contribution >= 0.6 is 0 Å². The molecule has 2 heteroatoms. The largest absolute Gasteiger partial charge is 0.462 e. The van der Waals surface area contributed by atoms with E-state index in [2.05, 4.69) is 13.5 Å². The van der Waals surface area contributed by atoms with Gasteiger partial charge in [-0.1, -0.05) is 64.9 Å². The highest BCUT2D eigenvalue weighted by atomic mass is 16.5. The van der Waals surface area contributed by atoms with Gasteiger partial charge in [0.2, 0.25) is 0 Å². The van der Waals surface area contributed by atoms with E-state index in [0.717, 1.165) is 18.3 Å². The summed E-state index contributed by atoms with van der Waals surface area (Å²) in [6.45, 7) is 8.11. The average molecular weight is 280 g/mol. The molecule has 1 aliphatic carbocycles. The fraction of sp³-hybridized carbons (Fsp3) is 0.833. The Labute approximate surface area is 125 Å². The van der Waals surface area contributed by atoms with E-state index in [9.17, 15) is 4.79 Å². The molecule has 0 N–H and O–H groups in total. The van der Waals surface area contributed by atoms with Gasteiger partial charge < -0.3 is 4.74 Å². The Bertz CT molecular complexity index is 288. The van der Waals surface area contributed by atoms with Crippen molar-refractivity contribution in [2.45, 2.75) is 78.1 Å². The summed E-state index contributed by atoms with van der Waals surface area (Å²) >= 11 is 0. The molecule has 116 valence electrons. The maximum atomic E-state index is 11.2. The summed E-state index contributed by atoms with van der Waals surface area (Å²) < 4.78 is 5.12. The smallest absolute Gasteiger partial charge is 0.333 e. The van der Waals surface area contributed by atoms with Gasteiger partial charge in [0, 0.05) is 5.57 Å². The van der Waals surface area contributed by atoms with Gasteiger partial charge in [0.1, 0.15) is 0 Å². The summed E-state index contributed by atoms with van der Waals surface area (Å²) in [4.78, 5) is 11.2. The Morgan fingerprint density at radius 1 is 1.05 bits per heavy atom. The molecule has 20 heavy (non-hydrogen) atoms. The minimum absolute atomic E-state index is 0.249. The fourth-order valence-corrected chi connectivity index (χ4v) is 3.12. The second-order valence-electron chi connectivity index (χ2n) is 6.44. The molecule has 1 aliphatic rings. The van der Waals surface area contributed by atoms with E-state index < -0.39 is 0 Å². The van der Waals surface area contributed by atoms with Gasteiger partial charge in [0.25, 0.3) is 0 Å². The lowest BCUT2D eigenvalue weighted by Gasteiger charge is -2.28. The molecule has 1 rings (SSSR count). The first kappa shape index (κ1) is 17.3. The van der Waals surface area contributed by atoms with E-state index in [4.69, 9.17) is 4.74 Å². The van der Waals surface area contributed by atoms with Crippen molar-refractivity contribution in [1.29, 1.82) is 0 Å². The number of carbonyl (C=O) groups is 1. The van der Waals surface area contributed by atoms with Gasteiger partial charge in [-0.25, -0.2) is 4.79 Å². The van der Waals surface area contributed by atoms with Crippen LogP contribution in [-0.4, -0.2) is 12.6 Å². The van der Waals surface area contributed by atoms with Crippen LogP contribution in [0.5, 0.6) is 0 Å². The van der Waals surface area contributed by atoms with Gasteiger partial charge >= 0.3 is 5.97 Å². The molecular formula is C18H32O2. The molecule has 0 aromatic heterocycles. The summed E-state index contributed by atoms with van der Waals surface area (Å²) in [6.07, 6.45) is 13.4. The number of unbranched alkanes of at least 4 members (excludes halogenated alkanes) is 2.